The molecular formula is C22H30N4O3S. The molecule has 1 aromatic carbocycles. The number of rotatable bonds is 8. The van der Waals surface area contributed by atoms with E-state index in [2.05, 4.69) is 15.2 Å². The number of aromatic amines is 1. The van der Waals surface area contributed by atoms with Gasteiger partial charge >= 0.3 is 0 Å². The topological polar surface area (TPSA) is 80.3 Å². The molecule has 1 aliphatic heterocycles. The first-order chi connectivity index (χ1) is 14.7. The Kier molecular flexibility index (Phi) is 6.82. The zero-order valence-corrected chi connectivity index (χ0v) is 18.6. The Balaban J connectivity index is 1.28. The van der Waals surface area contributed by atoms with Crippen LogP contribution < -0.4 is 9.47 Å². The molecule has 1 N–H and O–H groups in total. The number of aromatic nitrogens is 3. The number of methoxy groups -OCH3 is 2. The maximum Gasteiger partial charge on any atom is 0.233 e. The van der Waals surface area contributed by atoms with Crippen molar-refractivity contribution in [2.45, 2.75) is 56.6 Å². The summed E-state index contributed by atoms with van der Waals surface area (Å²) in [7, 11) is 3.27. The Morgan fingerprint density at radius 3 is 2.67 bits per heavy atom. The standard InChI is InChI=1S/C22H30N4O3S/c1-28-18-11-16-9-10-26(13-17(16)12-19(18)29-2)21(27)14-30-22-23-20(24-25-22)8-7-15-5-3-4-6-15/h11-12,15H,3-10,13-14H2,1-2H3,(H,23,24,25). The minimum atomic E-state index is 0.109. The van der Waals surface area contributed by atoms with Gasteiger partial charge in [0.25, 0.3) is 0 Å². The summed E-state index contributed by atoms with van der Waals surface area (Å²) in [4.78, 5) is 19.2. The third-order valence-electron chi connectivity index (χ3n) is 6.17. The molecule has 1 saturated carbocycles. The average molecular weight is 431 g/mol. The predicted molar refractivity (Wildman–Crippen MR) is 116 cm³/mol. The highest BCUT2D eigenvalue weighted by Gasteiger charge is 2.23. The Labute approximate surface area is 181 Å². The third kappa shape index (κ3) is 4.91. The summed E-state index contributed by atoms with van der Waals surface area (Å²) in [6.07, 6.45) is 8.37. The second-order valence-corrected chi connectivity index (χ2v) is 9.03. The van der Waals surface area contributed by atoms with Crippen molar-refractivity contribution >= 4 is 17.7 Å². The van der Waals surface area contributed by atoms with Crippen LogP contribution in [0.5, 0.6) is 11.5 Å². The summed E-state index contributed by atoms with van der Waals surface area (Å²) < 4.78 is 10.8. The van der Waals surface area contributed by atoms with Crippen molar-refractivity contribution in [1.29, 1.82) is 0 Å². The summed E-state index contributed by atoms with van der Waals surface area (Å²) in [5.41, 5.74) is 2.33. The van der Waals surface area contributed by atoms with Crippen molar-refractivity contribution in [3.63, 3.8) is 0 Å². The van der Waals surface area contributed by atoms with Crippen molar-refractivity contribution in [3.8, 4) is 11.5 Å². The van der Waals surface area contributed by atoms with E-state index in [1.165, 1.54) is 49.4 Å². The van der Waals surface area contributed by atoms with E-state index in [4.69, 9.17) is 9.47 Å². The highest BCUT2D eigenvalue weighted by atomic mass is 32.2. The number of nitrogens with one attached hydrogen (secondary N) is 1. The Bertz CT molecular complexity index is 879. The van der Waals surface area contributed by atoms with Crippen LogP contribution in [0, 0.1) is 5.92 Å². The minimum absolute atomic E-state index is 0.109. The molecule has 0 bridgehead atoms. The molecular weight excluding hydrogens is 400 g/mol. The number of amides is 1. The predicted octanol–water partition coefficient (Wildman–Crippen LogP) is 3.62. The van der Waals surface area contributed by atoms with Gasteiger partial charge in [0.15, 0.2) is 11.5 Å². The van der Waals surface area contributed by atoms with E-state index in [-0.39, 0.29) is 5.91 Å². The van der Waals surface area contributed by atoms with Gasteiger partial charge in [-0.25, -0.2) is 4.98 Å². The first kappa shape index (κ1) is 21.0. The largest absolute Gasteiger partial charge is 0.493 e. The lowest BCUT2D eigenvalue weighted by atomic mass is 9.99. The van der Waals surface area contributed by atoms with E-state index in [9.17, 15) is 4.79 Å². The quantitative estimate of drug-likeness (QED) is 0.645. The lowest BCUT2D eigenvalue weighted by Gasteiger charge is -2.29. The number of benzene rings is 1. The van der Waals surface area contributed by atoms with Gasteiger partial charge in [0.1, 0.15) is 5.82 Å². The van der Waals surface area contributed by atoms with Crippen LogP contribution >= 0.6 is 11.8 Å². The SMILES string of the molecule is COc1cc2c(cc1OC)CN(C(=O)CSc1n[nH]c(CCC3CCCC3)n1)CC2. The second-order valence-electron chi connectivity index (χ2n) is 8.08. The summed E-state index contributed by atoms with van der Waals surface area (Å²) >= 11 is 1.41. The molecule has 0 saturated heterocycles. The van der Waals surface area contributed by atoms with E-state index in [0.717, 1.165) is 35.9 Å². The summed E-state index contributed by atoms with van der Waals surface area (Å²) in [5, 5.41) is 7.98. The molecule has 162 valence electrons. The fourth-order valence-electron chi connectivity index (χ4n) is 4.41. The van der Waals surface area contributed by atoms with Crippen molar-refractivity contribution < 1.29 is 14.3 Å². The van der Waals surface area contributed by atoms with Gasteiger partial charge in [-0.1, -0.05) is 37.4 Å². The molecule has 8 heteroatoms. The number of thioether (sulfide) groups is 1. The molecule has 30 heavy (non-hydrogen) atoms. The number of aryl methyl sites for hydroxylation is 1. The molecule has 1 amide bonds. The number of carbonyl (C=O) groups excluding carboxylic acids is 1. The molecule has 7 nitrogen and oxygen atoms in total. The summed E-state index contributed by atoms with van der Waals surface area (Å²) in [5.74, 6) is 3.67. The molecule has 1 aliphatic carbocycles. The molecule has 0 atom stereocenters. The lowest BCUT2D eigenvalue weighted by molar-refractivity contribution is -0.129. The molecule has 2 aromatic rings. The average Bonchev–Trinajstić information content (AvgIpc) is 3.46. The van der Waals surface area contributed by atoms with Crippen LogP contribution in [0.2, 0.25) is 0 Å². The van der Waals surface area contributed by atoms with Crippen LogP contribution in [0.1, 0.15) is 49.1 Å². The Hall–Kier alpha value is -2.22. The first-order valence-electron chi connectivity index (χ1n) is 10.7. The molecule has 4 rings (SSSR count). The second kappa shape index (κ2) is 9.73. The van der Waals surface area contributed by atoms with Gasteiger partial charge < -0.3 is 14.4 Å². The van der Waals surface area contributed by atoms with E-state index in [0.29, 0.717) is 29.7 Å². The van der Waals surface area contributed by atoms with Crippen LogP contribution in [0.25, 0.3) is 0 Å². The van der Waals surface area contributed by atoms with Crippen LogP contribution in [0.4, 0.5) is 0 Å². The van der Waals surface area contributed by atoms with Gasteiger partial charge in [0.2, 0.25) is 11.1 Å². The van der Waals surface area contributed by atoms with Gasteiger partial charge in [-0.2, -0.15) is 0 Å². The first-order valence-corrected chi connectivity index (χ1v) is 11.7. The smallest absolute Gasteiger partial charge is 0.233 e. The summed E-state index contributed by atoms with van der Waals surface area (Å²) in [6.45, 7) is 1.30. The lowest BCUT2D eigenvalue weighted by Crippen LogP contribution is -2.37. The zero-order chi connectivity index (χ0) is 20.9. The number of fused-ring (bicyclic) bond motifs is 1. The molecule has 0 spiro atoms. The molecule has 2 heterocycles. The Morgan fingerprint density at radius 2 is 1.93 bits per heavy atom. The maximum absolute atomic E-state index is 12.7. The van der Waals surface area contributed by atoms with Gasteiger partial charge in [-0.05, 0) is 42.0 Å². The van der Waals surface area contributed by atoms with E-state index in [1.807, 2.05) is 17.0 Å². The molecule has 0 radical (unpaired) electrons. The maximum atomic E-state index is 12.7. The number of nitrogens with zero attached hydrogens (tertiary/aromatic N) is 3. The van der Waals surface area contributed by atoms with E-state index >= 15 is 0 Å². The number of hydrogen-bond donors (Lipinski definition) is 1. The fraction of sp³-hybridized carbons (Fsp3) is 0.591. The van der Waals surface area contributed by atoms with Crippen LogP contribution in [-0.2, 0) is 24.2 Å². The zero-order valence-electron chi connectivity index (χ0n) is 17.8. The van der Waals surface area contributed by atoms with Gasteiger partial charge in [-0.15, -0.1) is 5.10 Å². The van der Waals surface area contributed by atoms with E-state index < -0.39 is 0 Å². The van der Waals surface area contributed by atoms with E-state index in [1.54, 1.807) is 14.2 Å². The number of H-pyrrole nitrogens is 1. The molecule has 1 fully saturated rings. The normalized spacial score (nSPS) is 16.5. The van der Waals surface area contributed by atoms with Crippen molar-refractivity contribution in [2.75, 3.05) is 26.5 Å². The monoisotopic (exact) mass is 430 g/mol. The molecule has 2 aliphatic rings. The highest BCUT2D eigenvalue weighted by Crippen LogP contribution is 2.33. The van der Waals surface area contributed by atoms with Crippen molar-refractivity contribution in [1.82, 2.24) is 20.1 Å². The van der Waals surface area contributed by atoms with Gasteiger partial charge in [-0.3, -0.25) is 9.89 Å². The number of hydrogen-bond acceptors (Lipinski definition) is 6. The Morgan fingerprint density at radius 1 is 1.20 bits per heavy atom. The third-order valence-corrected chi connectivity index (χ3v) is 7.00. The van der Waals surface area contributed by atoms with Gasteiger partial charge in [0, 0.05) is 19.5 Å². The number of carbonyl (C=O) groups is 1. The van der Waals surface area contributed by atoms with Crippen LogP contribution in [-0.4, -0.2) is 52.5 Å². The highest BCUT2D eigenvalue weighted by molar-refractivity contribution is 7.99. The number of ether oxygens (including phenoxy) is 2. The van der Waals surface area contributed by atoms with Gasteiger partial charge in [0.05, 0.1) is 20.0 Å². The molecule has 0 unspecified atom stereocenters. The summed E-state index contributed by atoms with van der Waals surface area (Å²) in [6, 6.07) is 4.00. The molecule has 1 aromatic heterocycles. The van der Waals surface area contributed by atoms with Crippen LogP contribution in [0.3, 0.4) is 0 Å². The fourth-order valence-corrected chi connectivity index (χ4v) is 5.13. The minimum Gasteiger partial charge on any atom is -0.493 e. The van der Waals surface area contributed by atoms with Crippen molar-refractivity contribution in [3.05, 3.63) is 29.1 Å². The van der Waals surface area contributed by atoms with Crippen molar-refractivity contribution in [2.24, 2.45) is 5.92 Å². The van der Waals surface area contributed by atoms with Crippen LogP contribution in [0.15, 0.2) is 17.3 Å².